The Balaban J connectivity index is 2.31. The lowest BCUT2D eigenvalue weighted by Crippen LogP contribution is -2.09. The van der Waals surface area contributed by atoms with Crippen molar-refractivity contribution >= 4 is 18.0 Å². The third-order valence-corrected chi connectivity index (χ3v) is 4.59. The molecule has 142 valence electrons. The lowest BCUT2D eigenvalue weighted by Gasteiger charge is -2.24. The number of methoxy groups -OCH3 is 1. The van der Waals surface area contributed by atoms with Gasteiger partial charge in [0.2, 0.25) is 0 Å². The molecule has 1 aliphatic rings. The molecule has 0 radical (unpaired) electrons. The normalized spacial score (nSPS) is 15.4. The van der Waals surface area contributed by atoms with Crippen LogP contribution in [0.3, 0.4) is 0 Å². The second-order valence-electron chi connectivity index (χ2n) is 7.19. The smallest absolute Gasteiger partial charge is 0.337 e. The van der Waals surface area contributed by atoms with Crippen molar-refractivity contribution in [1.82, 2.24) is 0 Å². The van der Waals surface area contributed by atoms with Gasteiger partial charge < -0.3 is 14.6 Å². The van der Waals surface area contributed by atoms with Crippen LogP contribution in [0.15, 0.2) is 18.2 Å². The van der Waals surface area contributed by atoms with Crippen molar-refractivity contribution in [2.75, 3.05) is 13.7 Å². The highest BCUT2D eigenvalue weighted by molar-refractivity contribution is 5.92. The van der Waals surface area contributed by atoms with E-state index in [0.717, 1.165) is 31.2 Å². The monoisotopic (exact) mass is 360 g/mol. The molecule has 1 saturated carbocycles. The third-order valence-electron chi connectivity index (χ3n) is 4.59. The van der Waals surface area contributed by atoms with E-state index in [1.165, 1.54) is 25.7 Å². The molecule has 0 spiro atoms. The van der Waals surface area contributed by atoms with Crippen molar-refractivity contribution in [2.24, 2.45) is 5.92 Å². The first-order chi connectivity index (χ1) is 12.4. The number of hydrogen-bond donors (Lipinski definition) is 1. The Bertz CT molecular complexity index is 669. The number of phenols is 1. The molecule has 1 aromatic rings. The SMILES string of the molecule is COC(=O)c1cc(/C=C/C(=O)OCC(C)C)c(O)c(C2CCCCC2)c1. The van der Waals surface area contributed by atoms with Crippen LogP contribution in [0.5, 0.6) is 5.75 Å². The number of carbonyl (C=O) groups is 2. The van der Waals surface area contributed by atoms with E-state index in [1.807, 2.05) is 13.8 Å². The highest BCUT2D eigenvalue weighted by Crippen LogP contribution is 2.39. The van der Waals surface area contributed by atoms with E-state index in [0.29, 0.717) is 17.7 Å². The van der Waals surface area contributed by atoms with E-state index in [9.17, 15) is 14.7 Å². The lowest BCUT2D eigenvalue weighted by atomic mass is 9.82. The van der Waals surface area contributed by atoms with Crippen LogP contribution in [0, 0.1) is 5.92 Å². The predicted octanol–water partition coefficient (Wildman–Crippen LogP) is 4.44. The molecule has 0 unspecified atom stereocenters. The Labute approximate surface area is 155 Å². The minimum absolute atomic E-state index is 0.123. The summed E-state index contributed by atoms with van der Waals surface area (Å²) in [7, 11) is 1.33. The van der Waals surface area contributed by atoms with Gasteiger partial charge in [0.05, 0.1) is 19.3 Å². The fourth-order valence-electron chi connectivity index (χ4n) is 3.22. The fourth-order valence-corrected chi connectivity index (χ4v) is 3.22. The Morgan fingerprint density at radius 2 is 1.92 bits per heavy atom. The lowest BCUT2D eigenvalue weighted by molar-refractivity contribution is -0.138. The van der Waals surface area contributed by atoms with Crippen LogP contribution >= 0.6 is 0 Å². The van der Waals surface area contributed by atoms with Gasteiger partial charge in [-0.15, -0.1) is 0 Å². The van der Waals surface area contributed by atoms with Crippen LogP contribution in [0.25, 0.3) is 6.08 Å². The van der Waals surface area contributed by atoms with Gasteiger partial charge >= 0.3 is 11.9 Å². The molecule has 0 saturated heterocycles. The maximum atomic E-state index is 12.0. The molecule has 1 N–H and O–H groups in total. The van der Waals surface area contributed by atoms with Gasteiger partial charge in [-0.25, -0.2) is 9.59 Å². The summed E-state index contributed by atoms with van der Waals surface area (Å²) >= 11 is 0. The van der Waals surface area contributed by atoms with E-state index in [1.54, 1.807) is 12.1 Å². The summed E-state index contributed by atoms with van der Waals surface area (Å²) in [6.07, 6.45) is 8.16. The van der Waals surface area contributed by atoms with Crippen LogP contribution in [-0.2, 0) is 14.3 Å². The number of rotatable bonds is 6. The van der Waals surface area contributed by atoms with Gasteiger partial charge in [-0.05, 0) is 48.4 Å². The van der Waals surface area contributed by atoms with Gasteiger partial charge in [-0.2, -0.15) is 0 Å². The number of esters is 2. The third kappa shape index (κ3) is 5.35. The second kappa shape index (κ2) is 9.41. The standard InChI is InChI=1S/C21H28O5/c1-14(2)13-26-19(22)10-9-16-11-17(21(24)25-3)12-18(20(16)23)15-7-5-4-6-8-15/h9-12,14-15,23H,4-8,13H2,1-3H3/b10-9+. The Kier molecular flexibility index (Phi) is 7.25. The highest BCUT2D eigenvalue weighted by Gasteiger charge is 2.22. The molecule has 5 nitrogen and oxygen atoms in total. The van der Waals surface area contributed by atoms with Crippen molar-refractivity contribution in [3.63, 3.8) is 0 Å². The summed E-state index contributed by atoms with van der Waals surface area (Å²) in [5, 5.41) is 10.7. The van der Waals surface area contributed by atoms with Crippen LogP contribution in [0.4, 0.5) is 0 Å². The summed E-state index contributed by atoms with van der Waals surface area (Å²) in [6, 6.07) is 3.26. The molecule has 26 heavy (non-hydrogen) atoms. The molecular weight excluding hydrogens is 332 g/mol. The van der Waals surface area contributed by atoms with Crippen LogP contribution in [-0.4, -0.2) is 30.8 Å². The number of ether oxygens (including phenoxy) is 2. The minimum atomic E-state index is -0.471. The molecule has 0 heterocycles. The molecule has 5 heteroatoms. The van der Waals surface area contributed by atoms with Crippen molar-refractivity contribution in [3.05, 3.63) is 34.9 Å². The average Bonchev–Trinajstić information content (AvgIpc) is 2.65. The van der Waals surface area contributed by atoms with Gasteiger partial charge in [0.1, 0.15) is 5.75 Å². The number of benzene rings is 1. The van der Waals surface area contributed by atoms with Crippen molar-refractivity contribution in [1.29, 1.82) is 0 Å². The maximum Gasteiger partial charge on any atom is 0.337 e. The molecule has 0 amide bonds. The van der Waals surface area contributed by atoms with E-state index >= 15 is 0 Å². The van der Waals surface area contributed by atoms with Crippen molar-refractivity contribution in [2.45, 2.75) is 51.9 Å². The van der Waals surface area contributed by atoms with Crippen molar-refractivity contribution in [3.8, 4) is 5.75 Å². The molecule has 0 aromatic heterocycles. The average molecular weight is 360 g/mol. The Morgan fingerprint density at radius 3 is 2.54 bits per heavy atom. The highest BCUT2D eigenvalue weighted by atomic mass is 16.5. The summed E-state index contributed by atoms with van der Waals surface area (Å²) in [4.78, 5) is 23.8. The largest absolute Gasteiger partial charge is 0.507 e. The summed E-state index contributed by atoms with van der Waals surface area (Å²) in [5.74, 6) is -0.341. The number of carbonyl (C=O) groups excluding carboxylic acids is 2. The van der Waals surface area contributed by atoms with E-state index in [-0.39, 0.29) is 17.6 Å². The van der Waals surface area contributed by atoms with E-state index in [4.69, 9.17) is 9.47 Å². The summed E-state index contributed by atoms with van der Waals surface area (Å²) in [6.45, 7) is 4.25. The first-order valence-corrected chi connectivity index (χ1v) is 9.22. The van der Waals surface area contributed by atoms with Crippen LogP contribution in [0.2, 0.25) is 0 Å². The Morgan fingerprint density at radius 1 is 1.23 bits per heavy atom. The first-order valence-electron chi connectivity index (χ1n) is 9.22. The van der Waals surface area contributed by atoms with Gasteiger partial charge in [-0.3, -0.25) is 0 Å². The molecule has 0 aliphatic heterocycles. The first kappa shape index (κ1) is 20.0. The second-order valence-corrected chi connectivity index (χ2v) is 7.19. The maximum absolute atomic E-state index is 12.0. The quantitative estimate of drug-likeness (QED) is 0.600. The van der Waals surface area contributed by atoms with Crippen molar-refractivity contribution < 1.29 is 24.2 Å². The molecule has 0 atom stereocenters. The Hall–Kier alpha value is -2.30. The number of phenolic OH excluding ortho intramolecular Hbond substituents is 1. The fraction of sp³-hybridized carbons (Fsp3) is 0.524. The van der Waals surface area contributed by atoms with E-state index in [2.05, 4.69) is 0 Å². The zero-order chi connectivity index (χ0) is 19.1. The topological polar surface area (TPSA) is 72.8 Å². The molecule has 2 rings (SSSR count). The zero-order valence-electron chi connectivity index (χ0n) is 15.8. The molecule has 0 bridgehead atoms. The number of aromatic hydroxyl groups is 1. The predicted molar refractivity (Wildman–Crippen MR) is 100 cm³/mol. The molecule has 1 aromatic carbocycles. The van der Waals surface area contributed by atoms with Gasteiger partial charge in [0.15, 0.2) is 0 Å². The van der Waals surface area contributed by atoms with Crippen LogP contribution < -0.4 is 0 Å². The molecule has 1 aliphatic carbocycles. The summed E-state index contributed by atoms with van der Waals surface area (Å²) in [5.41, 5.74) is 1.55. The molecular formula is C21H28O5. The zero-order valence-corrected chi connectivity index (χ0v) is 15.8. The minimum Gasteiger partial charge on any atom is -0.507 e. The molecule has 1 fully saturated rings. The van der Waals surface area contributed by atoms with Gasteiger partial charge in [0.25, 0.3) is 0 Å². The summed E-state index contributed by atoms with van der Waals surface area (Å²) < 4.78 is 9.94. The van der Waals surface area contributed by atoms with Gasteiger partial charge in [-0.1, -0.05) is 33.1 Å². The van der Waals surface area contributed by atoms with Gasteiger partial charge in [0, 0.05) is 11.6 Å². The van der Waals surface area contributed by atoms with E-state index < -0.39 is 11.9 Å². The number of hydrogen-bond acceptors (Lipinski definition) is 5. The van der Waals surface area contributed by atoms with Crippen LogP contribution in [0.1, 0.15) is 73.4 Å².